The van der Waals surface area contributed by atoms with Gasteiger partial charge in [0.1, 0.15) is 5.75 Å². The molecule has 1 saturated carbocycles. The van der Waals surface area contributed by atoms with Crippen LogP contribution in [0.2, 0.25) is 5.02 Å². The highest BCUT2D eigenvalue weighted by atomic mass is 35.5. The van der Waals surface area contributed by atoms with Gasteiger partial charge in [0.15, 0.2) is 6.29 Å². The van der Waals surface area contributed by atoms with Crippen LogP contribution in [0, 0.1) is 23.7 Å². The zero-order valence-electron chi connectivity index (χ0n) is 28.4. The minimum Gasteiger partial charge on any atom is -0.490 e. The summed E-state index contributed by atoms with van der Waals surface area (Å²) in [4.78, 5) is 16.0. The second-order valence-corrected chi connectivity index (χ2v) is 17.5. The van der Waals surface area contributed by atoms with E-state index in [4.69, 9.17) is 25.8 Å². The van der Waals surface area contributed by atoms with E-state index in [0.717, 1.165) is 80.9 Å². The summed E-state index contributed by atoms with van der Waals surface area (Å²) in [7, 11) is -1.96. The third kappa shape index (κ3) is 6.60. The minimum atomic E-state index is -3.90. The summed E-state index contributed by atoms with van der Waals surface area (Å²) < 4.78 is 48.7. The fraction of sp³-hybridized carbons (Fsp3) is 0.649. The smallest absolute Gasteiger partial charge is 0.264 e. The number of rotatable bonds is 2. The van der Waals surface area contributed by atoms with Crippen LogP contribution >= 0.6 is 11.6 Å². The van der Waals surface area contributed by atoms with E-state index >= 15 is 0 Å². The summed E-state index contributed by atoms with van der Waals surface area (Å²) in [5.74, 6) is 1.05. The molecular formula is C37H50ClN3O6S. The van der Waals surface area contributed by atoms with Crippen molar-refractivity contribution >= 4 is 33.2 Å². The van der Waals surface area contributed by atoms with Crippen LogP contribution in [0.5, 0.6) is 5.75 Å². The van der Waals surface area contributed by atoms with E-state index in [1.54, 1.807) is 13.0 Å². The van der Waals surface area contributed by atoms with Gasteiger partial charge < -0.3 is 24.4 Å². The number of fused-ring (bicyclic) bond motifs is 4. The van der Waals surface area contributed by atoms with Gasteiger partial charge >= 0.3 is 0 Å². The molecule has 262 valence electrons. The summed E-state index contributed by atoms with van der Waals surface area (Å²) in [5.41, 5.74) is 3.48. The molecule has 9 nitrogen and oxygen atoms in total. The Balaban J connectivity index is 1.27. The number of aryl methyl sites for hydroxylation is 1. The molecule has 0 radical (unpaired) electrons. The van der Waals surface area contributed by atoms with E-state index < -0.39 is 21.2 Å². The first-order valence-corrected chi connectivity index (χ1v) is 19.8. The predicted molar refractivity (Wildman–Crippen MR) is 187 cm³/mol. The predicted octanol–water partition coefficient (Wildman–Crippen LogP) is 5.68. The number of sulfonamides is 1. The number of nitrogens with zero attached hydrogens (tertiary/aromatic N) is 1. The van der Waals surface area contributed by atoms with Crippen LogP contribution in [0.1, 0.15) is 80.3 Å². The van der Waals surface area contributed by atoms with Crippen molar-refractivity contribution < 1.29 is 27.4 Å². The highest BCUT2D eigenvalue weighted by Crippen LogP contribution is 2.49. The van der Waals surface area contributed by atoms with Crippen LogP contribution in [-0.4, -0.2) is 71.9 Å². The number of nitrogens with one attached hydrogen (secondary N) is 2. The van der Waals surface area contributed by atoms with Crippen LogP contribution in [-0.2, 0) is 31.3 Å². The number of hydrogen-bond acceptors (Lipinski definition) is 8. The van der Waals surface area contributed by atoms with Gasteiger partial charge in [-0.15, -0.1) is 0 Å². The van der Waals surface area contributed by atoms with Crippen molar-refractivity contribution in [1.29, 1.82) is 0 Å². The van der Waals surface area contributed by atoms with Crippen LogP contribution < -0.4 is 19.7 Å². The van der Waals surface area contributed by atoms with Gasteiger partial charge in [0.25, 0.3) is 5.91 Å². The minimum absolute atomic E-state index is 0.122. The maximum Gasteiger partial charge on any atom is 0.264 e. The van der Waals surface area contributed by atoms with Gasteiger partial charge in [0, 0.05) is 35.0 Å². The Bertz CT molecular complexity index is 1610. The lowest BCUT2D eigenvalue weighted by Gasteiger charge is -2.49. The van der Waals surface area contributed by atoms with Crippen molar-refractivity contribution in [3.05, 3.63) is 58.1 Å². The molecule has 5 aliphatic rings. The van der Waals surface area contributed by atoms with Gasteiger partial charge in [-0.05, 0) is 118 Å². The third-order valence-corrected chi connectivity index (χ3v) is 14.3. The monoisotopic (exact) mass is 699 g/mol. The molecule has 2 fully saturated rings. The van der Waals surface area contributed by atoms with Gasteiger partial charge in [-0.25, -0.2) is 13.1 Å². The number of anilines is 1. The van der Waals surface area contributed by atoms with E-state index in [9.17, 15) is 13.2 Å². The molecule has 48 heavy (non-hydrogen) atoms. The first-order chi connectivity index (χ1) is 23.1. The number of halogens is 1. The second-order valence-electron chi connectivity index (χ2n) is 15.1. The van der Waals surface area contributed by atoms with Crippen LogP contribution in [0.3, 0.4) is 0 Å². The summed E-state index contributed by atoms with van der Waals surface area (Å²) in [6, 6.07) is 11.8. The van der Waals surface area contributed by atoms with Crippen molar-refractivity contribution in [2.75, 3.05) is 44.9 Å². The number of ether oxygens (including phenoxy) is 3. The SMILES string of the molecule is CNC1COC([C@H]2CCC[C@H](C)C(C)S(=O)(=O)NC(=O)c3ccc4c(c3)N(C[C@@H]3CC[C@H]32)C[C@@]2(CCCc3cc(Cl)ccc32)CO4)OC1. The average molecular weight is 700 g/mol. The molecule has 7 rings (SSSR count). The Hall–Kier alpha value is -2.37. The van der Waals surface area contributed by atoms with E-state index in [2.05, 4.69) is 27.1 Å². The molecular weight excluding hydrogens is 650 g/mol. The van der Waals surface area contributed by atoms with Crippen LogP contribution in [0.4, 0.5) is 5.69 Å². The fourth-order valence-electron chi connectivity index (χ4n) is 8.90. The Kier molecular flexibility index (Phi) is 9.76. The van der Waals surface area contributed by atoms with Crippen molar-refractivity contribution in [3.8, 4) is 5.75 Å². The first kappa shape index (κ1) is 34.1. The molecule has 3 heterocycles. The molecule has 1 saturated heterocycles. The number of likely N-dealkylation sites (N-methyl/N-ethyl adjacent to an activating group) is 1. The molecule has 1 unspecified atom stereocenters. The molecule has 2 aromatic carbocycles. The number of carbonyl (C=O) groups is 1. The first-order valence-electron chi connectivity index (χ1n) is 17.8. The van der Waals surface area contributed by atoms with Gasteiger partial charge in [-0.2, -0.15) is 0 Å². The van der Waals surface area contributed by atoms with Crippen LogP contribution in [0.25, 0.3) is 0 Å². The van der Waals surface area contributed by atoms with Crippen molar-refractivity contribution in [2.45, 2.75) is 88.2 Å². The lowest BCUT2D eigenvalue weighted by molar-refractivity contribution is -0.231. The highest BCUT2D eigenvalue weighted by Gasteiger charge is 2.46. The molecule has 6 atom stereocenters. The molecule has 3 aliphatic heterocycles. The summed E-state index contributed by atoms with van der Waals surface area (Å²) in [6.07, 6.45) is 7.48. The normalized spacial score (nSPS) is 35.3. The van der Waals surface area contributed by atoms with Gasteiger partial charge in [-0.3, -0.25) is 4.79 Å². The van der Waals surface area contributed by atoms with Gasteiger partial charge in [0.05, 0.1) is 36.8 Å². The molecule has 0 aromatic heterocycles. The summed E-state index contributed by atoms with van der Waals surface area (Å²) >= 11 is 6.46. The number of amides is 1. The molecule has 1 spiro atoms. The van der Waals surface area contributed by atoms with E-state index in [1.165, 1.54) is 11.1 Å². The maximum atomic E-state index is 13.5. The number of benzene rings is 2. The Morgan fingerprint density at radius 1 is 1.00 bits per heavy atom. The third-order valence-electron chi connectivity index (χ3n) is 12.2. The number of hydrogen-bond donors (Lipinski definition) is 2. The van der Waals surface area contributed by atoms with Crippen molar-refractivity contribution in [2.24, 2.45) is 23.7 Å². The molecule has 2 bridgehead atoms. The molecule has 11 heteroatoms. The lowest BCUT2D eigenvalue weighted by Crippen LogP contribution is -2.52. The van der Waals surface area contributed by atoms with Crippen molar-refractivity contribution in [1.82, 2.24) is 10.0 Å². The fourth-order valence-corrected chi connectivity index (χ4v) is 10.4. The van der Waals surface area contributed by atoms with Crippen molar-refractivity contribution in [3.63, 3.8) is 0 Å². The maximum absolute atomic E-state index is 13.5. The Labute approximate surface area is 290 Å². The Morgan fingerprint density at radius 3 is 2.56 bits per heavy atom. The lowest BCUT2D eigenvalue weighted by atomic mass is 9.64. The zero-order chi connectivity index (χ0) is 33.6. The van der Waals surface area contributed by atoms with Gasteiger partial charge in [0.2, 0.25) is 10.0 Å². The van der Waals surface area contributed by atoms with E-state index in [1.807, 2.05) is 32.2 Å². The Morgan fingerprint density at radius 2 is 1.81 bits per heavy atom. The standard InChI is InChI=1S/C37H50ClN3O6S/c1-23-6-4-8-31(36-45-19-29(39-3)20-46-36)30-12-9-27(30)18-41-21-37(15-5-7-25-16-28(38)11-13-32(25)37)22-47-34-14-10-26(17-33(34)41)35(42)40-48(43,44)24(23)2/h10-11,13-14,16-17,23-24,27,29-31,36,39H,4-9,12,15,18-22H2,1-3H3,(H,40,42)/t23-,24?,27-,29?,30+,31-,36?,37-/m0/s1. The molecule has 1 amide bonds. The second kappa shape index (κ2) is 13.7. The number of carbonyl (C=O) groups excluding carboxylic acids is 1. The highest BCUT2D eigenvalue weighted by molar-refractivity contribution is 7.90. The average Bonchev–Trinajstić information content (AvgIpc) is 3.21. The molecule has 2 aromatic rings. The summed E-state index contributed by atoms with van der Waals surface area (Å²) in [5, 5.41) is 3.30. The van der Waals surface area contributed by atoms with Crippen LogP contribution in [0.15, 0.2) is 36.4 Å². The van der Waals surface area contributed by atoms with E-state index in [0.29, 0.717) is 37.2 Å². The molecule has 2 aliphatic carbocycles. The van der Waals surface area contributed by atoms with Gasteiger partial charge in [-0.1, -0.05) is 31.0 Å². The van der Waals surface area contributed by atoms with E-state index in [-0.39, 0.29) is 29.6 Å². The largest absolute Gasteiger partial charge is 0.490 e. The zero-order valence-corrected chi connectivity index (χ0v) is 30.0. The molecule has 2 N–H and O–H groups in total. The summed E-state index contributed by atoms with van der Waals surface area (Å²) in [6.45, 7) is 6.97. The topological polar surface area (TPSA) is 106 Å². The quantitative estimate of drug-likeness (QED) is 0.413.